The average molecular weight is 193 g/mol. The molecule has 1 aromatic carbocycles. The van der Waals surface area contributed by atoms with E-state index in [2.05, 4.69) is 5.32 Å². The second-order valence-corrected chi connectivity index (χ2v) is 3.15. The van der Waals surface area contributed by atoms with Gasteiger partial charge in [0.05, 0.1) is 0 Å². The van der Waals surface area contributed by atoms with E-state index < -0.39 is 0 Å². The van der Waals surface area contributed by atoms with E-state index in [9.17, 15) is 4.79 Å². The van der Waals surface area contributed by atoms with Crippen molar-refractivity contribution in [2.24, 2.45) is 0 Å². The molecule has 2 amide bonds. The van der Waals surface area contributed by atoms with Gasteiger partial charge in [-0.25, -0.2) is 4.79 Å². The summed E-state index contributed by atoms with van der Waals surface area (Å²) in [5.74, 6) is 0. The third-order valence-corrected chi connectivity index (χ3v) is 1.96. The van der Waals surface area contributed by atoms with Crippen molar-refractivity contribution in [1.82, 2.24) is 10.2 Å². The quantitative estimate of drug-likeness (QED) is 0.689. The smallest absolute Gasteiger partial charge is 0.317 e. The monoisotopic (exact) mass is 193 g/mol. The molecule has 0 aliphatic carbocycles. The van der Waals surface area contributed by atoms with Crippen LogP contribution < -0.4 is 11.1 Å². The fourth-order valence-corrected chi connectivity index (χ4v) is 1.16. The van der Waals surface area contributed by atoms with Gasteiger partial charge in [0.15, 0.2) is 0 Å². The molecule has 1 rings (SSSR count). The summed E-state index contributed by atoms with van der Waals surface area (Å²) < 4.78 is 0. The Kier molecular flexibility index (Phi) is 3.34. The predicted molar refractivity (Wildman–Crippen MR) is 56.8 cm³/mol. The van der Waals surface area contributed by atoms with Crippen LogP contribution in [0.2, 0.25) is 0 Å². The maximum Gasteiger partial charge on any atom is 0.317 e. The van der Waals surface area contributed by atoms with Gasteiger partial charge in [-0.15, -0.1) is 0 Å². The first-order valence-electron chi connectivity index (χ1n) is 4.40. The number of hydrogen-bond acceptors (Lipinski definition) is 2. The number of urea groups is 1. The number of carbonyl (C=O) groups excluding carboxylic acids is 1. The second-order valence-electron chi connectivity index (χ2n) is 3.15. The molecular formula is C10H15N3O. The van der Waals surface area contributed by atoms with Gasteiger partial charge in [0, 0.05) is 26.3 Å². The lowest BCUT2D eigenvalue weighted by Crippen LogP contribution is -2.34. The number of nitrogen functional groups attached to an aromatic ring is 1. The van der Waals surface area contributed by atoms with Crippen molar-refractivity contribution < 1.29 is 4.79 Å². The summed E-state index contributed by atoms with van der Waals surface area (Å²) in [6, 6.07) is 7.38. The van der Waals surface area contributed by atoms with Gasteiger partial charge in [-0.3, -0.25) is 0 Å². The molecule has 14 heavy (non-hydrogen) atoms. The average Bonchev–Trinajstić information content (AvgIpc) is 2.20. The van der Waals surface area contributed by atoms with E-state index in [1.807, 2.05) is 24.3 Å². The maximum atomic E-state index is 11.2. The molecule has 0 aliphatic rings. The Hall–Kier alpha value is -1.71. The molecule has 4 heteroatoms. The van der Waals surface area contributed by atoms with Crippen LogP contribution in [-0.4, -0.2) is 25.0 Å². The molecule has 0 atom stereocenters. The first kappa shape index (κ1) is 10.4. The number of nitrogens with one attached hydrogen (secondary N) is 1. The first-order valence-corrected chi connectivity index (χ1v) is 4.40. The minimum absolute atomic E-state index is 0.0955. The number of rotatable bonds is 2. The number of nitrogens with two attached hydrogens (primary N) is 1. The lowest BCUT2D eigenvalue weighted by molar-refractivity contribution is 0.209. The number of nitrogens with zero attached hydrogens (tertiary/aromatic N) is 1. The molecule has 0 fully saturated rings. The van der Waals surface area contributed by atoms with E-state index in [0.717, 1.165) is 11.3 Å². The Labute approximate surface area is 83.7 Å². The van der Waals surface area contributed by atoms with Gasteiger partial charge in [0.25, 0.3) is 0 Å². The van der Waals surface area contributed by atoms with E-state index in [1.54, 1.807) is 19.0 Å². The van der Waals surface area contributed by atoms with Gasteiger partial charge in [-0.2, -0.15) is 0 Å². The summed E-state index contributed by atoms with van der Waals surface area (Å²) in [6.45, 7) is 0.583. The summed E-state index contributed by atoms with van der Waals surface area (Å²) in [5.41, 5.74) is 7.34. The van der Waals surface area contributed by atoms with E-state index in [0.29, 0.717) is 6.54 Å². The van der Waals surface area contributed by atoms with Crippen LogP contribution in [0.1, 0.15) is 5.56 Å². The highest BCUT2D eigenvalue weighted by Crippen LogP contribution is 2.07. The van der Waals surface area contributed by atoms with Gasteiger partial charge >= 0.3 is 6.03 Å². The zero-order valence-electron chi connectivity index (χ0n) is 8.45. The Morgan fingerprint density at radius 3 is 2.50 bits per heavy atom. The number of benzene rings is 1. The highest BCUT2D eigenvalue weighted by Gasteiger charge is 2.05. The first-order chi connectivity index (χ1) is 6.63. The molecule has 0 heterocycles. The SMILES string of the molecule is CNC(=O)N(C)Cc1ccc(N)cc1. The van der Waals surface area contributed by atoms with Gasteiger partial charge in [-0.1, -0.05) is 12.1 Å². The van der Waals surface area contributed by atoms with Crippen molar-refractivity contribution >= 4 is 11.7 Å². The van der Waals surface area contributed by atoms with Crippen molar-refractivity contribution in [3.05, 3.63) is 29.8 Å². The lowest BCUT2D eigenvalue weighted by Gasteiger charge is -2.16. The molecule has 1 aromatic rings. The number of anilines is 1. The largest absolute Gasteiger partial charge is 0.399 e. The molecule has 0 bridgehead atoms. The zero-order valence-corrected chi connectivity index (χ0v) is 8.45. The van der Waals surface area contributed by atoms with Crippen LogP contribution in [0.3, 0.4) is 0 Å². The Balaban J connectivity index is 2.60. The van der Waals surface area contributed by atoms with E-state index in [4.69, 9.17) is 5.73 Å². The van der Waals surface area contributed by atoms with Crippen molar-refractivity contribution in [1.29, 1.82) is 0 Å². The highest BCUT2D eigenvalue weighted by molar-refractivity contribution is 5.73. The van der Waals surface area contributed by atoms with Crippen LogP contribution in [0.5, 0.6) is 0 Å². The van der Waals surface area contributed by atoms with E-state index in [1.165, 1.54) is 0 Å². The van der Waals surface area contributed by atoms with Crippen LogP contribution >= 0.6 is 0 Å². The van der Waals surface area contributed by atoms with Crippen molar-refractivity contribution in [3.8, 4) is 0 Å². The normalized spacial score (nSPS) is 9.57. The fourth-order valence-electron chi connectivity index (χ4n) is 1.16. The van der Waals surface area contributed by atoms with Gasteiger partial charge in [0.2, 0.25) is 0 Å². The van der Waals surface area contributed by atoms with Gasteiger partial charge < -0.3 is 16.0 Å². The Morgan fingerprint density at radius 2 is 2.00 bits per heavy atom. The summed E-state index contributed by atoms with van der Waals surface area (Å²) in [7, 11) is 3.36. The molecule has 0 spiro atoms. The number of hydrogen-bond donors (Lipinski definition) is 2. The summed E-state index contributed by atoms with van der Waals surface area (Å²) >= 11 is 0. The van der Waals surface area contributed by atoms with Crippen LogP contribution in [0, 0.1) is 0 Å². The molecule has 76 valence electrons. The molecule has 0 radical (unpaired) electrons. The molecule has 0 aliphatic heterocycles. The maximum absolute atomic E-state index is 11.2. The molecule has 3 N–H and O–H groups in total. The van der Waals surface area contributed by atoms with Crippen LogP contribution in [0.15, 0.2) is 24.3 Å². The van der Waals surface area contributed by atoms with Crippen LogP contribution in [-0.2, 0) is 6.54 Å². The molecule has 4 nitrogen and oxygen atoms in total. The summed E-state index contributed by atoms with van der Waals surface area (Å²) in [4.78, 5) is 12.8. The minimum atomic E-state index is -0.0955. The summed E-state index contributed by atoms with van der Waals surface area (Å²) in [5, 5.41) is 2.56. The number of amides is 2. The second kappa shape index (κ2) is 4.50. The van der Waals surface area contributed by atoms with Crippen molar-refractivity contribution in [3.63, 3.8) is 0 Å². The number of carbonyl (C=O) groups is 1. The Morgan fingerprint density at radius 1 is 1.43 bits per heavy atom. The van der Waals surface area contributed by atoms with Crippen molar-refractivity contribution in [2.45, 2.75) is 6.54 Å². The van der Waals surface area contributed by atoms with E-state index in [-0.39, 0.29) is 6.03 Å². The highest BCUT2D eigenvalue weighted by atomic mass is 16.2. The fraction of sp³-hybridized carbons (Fsp3) is 0.300. The lowest BCUT2D eigenvalue weighted by atomic mass is 10.2. The molecule has 0 saturated carbocycles. The molecular weight excluding hydrogens is 178 g/mol. The van der Waals surface area contributed by atoms with Crippen molar-refractivity contribution in [2.75, 3.05) is 19.8 Å². The third-order valence-electron chi connectivity index (χ3n) is 1.96. The van der Waals surface area contributed by atoms with Crippen LogP contribution in [0.4, 0.5) is 10.5 Å². The van der Waals surface area contributed by atoms with Crippen LogP contribution in [0.25, 0.3) is 0 Å². The van der Waals surface area contributed by atoms with E-state index >= 15 is 0 Å². The Bertz CT molecular complexity index is 308. The zero-order chi connectivity index (χ0) is 10.6. The minimum Gasteiger partial charge on any atom is -0.399 e. The predicted octanol–water partition coefficient (Wildman–Crippen LogP) is 1.04. The van der Waals surface area contributed by atoms with Gasteiger partial charge in [0.1, 0.15) is 0 Å². The molecule has 0 unspecified atom stereocenters. The third kappa shape index (κ3) is 2.65. The molecule has 0 aromatic heterocycles. The summed E-state index contributed by atoms with van der Waals surface area (Å²) in [6.07, 6.45) is 0. The topological polar surface area (TPSA) is 58.4 Å². The molecule has 0 saturated heterocycles. The van der Waals surface area contributed by atoms with Gasteiger partial charge in [-0.05, 0) is 17.7 Å². The standard InChI is InChI=1S/C10H15N3O/c1-12-10(14)13(2)7-8-3-5-9(11)6-4-8/h3-6H,7,11H2,1-2H3,(H,12,14).